The lowest BCUT2D eigenvalue weighted by Gasteiger charge is -2.26. The molecule has 3 aromatic rings. The molecule has 2 aromatic heterocycles. The molecule has 6 nitrogen and oxygen atoms in total. The van der Waals surface area contributed by atoms with Crippen LogP contribution in [0.25, 0.3) is 5.65 Å². The van der Waals surface area contributed by atoms with Crippen molar-refractivity contribution in [2.24, 2.45) is 0 Å². The summed E-state index contributed by atoms with van der Waals surface area (Å²) in [4.78, 5) is 17.9. The molecule has 1 aromatic carbocycles. The molecule has 8 heteroatoms. The number of carbonyl (C=O) groups is 1. The fourth-order valence-corrected chi connectivity index (χ4v) is 3.43. The predicted octanol–water partition coefficient (Wildman–Crippen LogP) is 3.31. The quantitative estimate of drug-likeness (QED) is 0.781. The van der Waals surface area contributed by atoms with Crippen molar-refractivity contribution >= 4 is 23.1 Å². The second-order valence-electron chi connectivity index (χ2n) is 6.31. The van der Waals surface area contributed by atoms with E-state index in [1.165, 1.54) is 19.2 Å². The van der Waals surface area contributed by atoms with E-state index in [4.69, 9.17) is 0 Å². The number of carbonyl (C=O) groups excluding carboxylic acids is 1. The highest BCUT2D eigenvalue weighted by molar-refractivity contribution is 5.92. The molecule has 0 spiro atoms. The SMILES string of the molecule is CC(=O)Nc1cnn2ccc(N3CCC[C@@H]3c3cc(F)ccc3F)nc12. The van der Waals surface area contributed by atoms with E-state index in [9.17, 15) is 13.6 Å². The lowest BCUT2D eigenvalue weighted by molar-refractivity contribution is -0.114. The van der Waals surface area contributed by atoms with Gasteiger partial charge in [-0.25, -0.2) is 18.3 Å². The van der Waals surface area contributed by atoms with Gasteiger partial charge in [0.15, 0.2) is 5.65 Å². The zero-order chi connectivity index (χ0) is 18.3. The first-order valence-electron chi connectivity index (χ1n) is 8.36. The molecule has 0 aliphatic carbocycles. The van der Waals surface area contributed by atoms with Crippen LogP contribution < -0.4 is 10.2 Å². The lowest BCUT2D eigenvalue weighted by atomic mass is 10.0. The van der Waals surface area contributed by atoms with Crippen LogP contribution in [0.5, 0.6) is 0 Å². The Balaban J connectivity index is 1.73. The van der Waals surface area contributed by atoms with Gasteiger partial charge < -0.3 is 10.2 Å². The minimum atomic E-state index is -0.458. The van der Waals surface area contributed by atoms with Gasteiger partial charge in [-0.05, 0) is 37.1 Å². The lowest BCUT2D eigenvalue weighted by Crippen LogP contribution is -2.24. The summed E-state index contributed by atoms with van der Waals surface area (Å²) in [6.07, 6.45) is 4.83. The van der Waals surface area contributed by atoms with Crippen LogP contribution in [-0.4, -0.2) is 27.0 Å². The van der Waals surface area contributed by atoms with Crippen molar-refractivity contribution in [3.63, 3.8) is 0 Å². The maximum Gasteiger partial charge on any atom is 0.221 e. The first-order valence-corrected chi connectivity index (χ1v) is 8.36. The second-order valence-corrected chi connectivity index (χ2v) is 6.31. The molecular formula is C18H17F2N5O. The Bertz CT molecular complexity index is 987. The maximum atomic E-state index is 14.2. The van der Waals surface area contributed by atoms with Crippen LogP contribution in [-0.2, 0) is 4.79 Å². The molecule has 0 bridgehead atoms. The minimum absolute atomic E-state index is 0.215. The van der Waals surface area contributed by atoms with Gasteiger partial charge in [0, 0.05) is 25.2 Å². The third kappa shape index (κ3) is 2.87. The molecule has 1 aliphatic heterocycles. The highest BCUT2D eigenvalue weighted by atomic mass is 19.1. The summed E-state index contributed by atoms with van der Waals surface area (Å²) < 4.78 is 29.4. The standard InChI is InChI=1S/C18H17F2N5O/c1-11(26)22-15-10-21-25-8-6-17(23-18(15)25)24-7-2-3-16(24)13-9-12(19)4-5-14(13)20/h4-6,8-10,16H,2-3,7H2,1H3,(H,22,26)/t16-/m1/s1. The topological polar surface area (TPSA) is 62.5 Å². The van der Waals surface area contributed by atoms with E-state index in [1.807, 2.05) is 4.90 Å². The van der Waals surface area contributed by atoms with Crippen LogP contribution in [0.2, 0.25) is 0 Å². The Morgan fingerprint density at radius 3 is 2.96 bits per heavy atom. The van der Waals surface area contributed by atoms with E-state index < -0.39 is 11.6 Å². The molecule has 0 unspecified atom stereocenters. The Labute approximate surface area is 148 Å². The highest BCUT2D eigenvalue weighted by Crippen LogP contribution is 2.37. The molecule has 4 rings (SSSR count). The fraction of sp³-hybridized carbons (Fsp3) is 0.278. The molecule has 1 atom stereocenters. The Morgan fingerprint density at radius 2 is 2.15 bits per heavy atom. The van der Waals surface area contributed by atoms with Gasteiger partial charge in [-0.1, -0.05) is 0 Å². The van der Waals surface area contributed by atoms with E-state index in [-0.39, 0.29) is 11.9 Å². The Kier molecular flexibility index (Phi) is 4.02. The number of hydrogen-bond acceptors (Lipinski definition) is 4. The predicted molar refractivity (Wildman–Crippen MR) is 93.0 cm³/mol. The van der Waals surface area contributed by atoms with Crippen LogP contribution in [0, 0.1) is 11.6 Å². The van der Waals surface area contributed by atoms with Gasteiger partial charge in [0.2, 0.25) is 5.91 Å². The van der Waals surface area contributed by atoms with Crippen LogP contribution in [0.3, 0.4) is 0 Å². The fourth-order valence-electron chi connectivity index (χ4n) is 3.43. The van der Waals surface area contributed by atoms with Gasteiger partial charge in [0.1, 0.15) is 23.1 Å². The number of halogens is 2. The summed E-state index contributed by atoms with van der Waals surface area (Å²) in [7, 11) is 0. The number of hydrogen-bond donors (Lipinski definition) is 1. The summed E-state index contributed by atoms with van der Waals surface area (Å²) in [6.45, 7) is 2.10. The summed E-state index contributed by atoms with van der Waals surface area (Å²) in [6, 6.07) is 5.02. The summed E-state index contributed by atoms with van der Waals surface area (Å²) in [5.74, 6) is -0.461. The van der Waals surface area contributed by atoms with Crippen molar-refractivity contribution in [1.29, 1.82) is 0 Å². The Hall–Kier alpha value is -3.03. The smallest absolute Gasteiger partial charge is 0.221 e. The molecular weight excluding hydrogens is 340 g/mol. The summed E-state index contributed by atoms with van der Waals surface area (Å²) in [5.41, 5.74) is 1.34. The van der Waals surface area contributed by atoms with Crippen LogP contribution in [0.15, 0.2) is 36.7 Å². The molecule has 1 saturated heterocycles. The van der Waals surface area contributed by atoms with Crippen LogP contribution >= 0.6 is 0 Å². The normalized spacial score (nSPS) is 17.0. The number of amides is 1. The van der Waals surface area contributed by atoms with Gasteiger partial charge in [0.25, 0.3) is 0 Å². The number of nitrogens with one attached hydrogen (secondary N) is 1. The molecule has 134 valence electrons. The molecule has 0 saturated carbocycles. The van der Waals surface area contributed by atoms with E-state index >= 15 is 0 Å². The average Bonchev–Trinajstić information content (AvgIpc) is 3.23. The number of fused-ring (bicyclic) bond motifs is 1. The third-order valence-electron chi connectivity index (χ3n) is 4.53. The van der Waals surface area contributed by atoms with Crippen molar-refractivity contribution in [1.82, 2.24) is 14.6 Å². The molecule has 3 heterocycles. The van der Waals surface area contributed by atoms with Gasteiger partial charge in [-0.3, -0.25) is 4.79 Å². The molecule has 1 aliphatic rings. The monoisotopic (exact) mass is 357 g/mol. The van der Waals surface area contributed by atoms with Gasteiger partial charge in [-0.2, -0.15) is 5.10 Å². The maximum absolute atomic E-state index is 14.2. The van der Waals surface area contributed by atoms with E-state index in [2.05, 4.69) is 15.4 Å². The van der Waals surface area contributed by atoms with Gasteiger partial charge in [0.05, 0.1) is 12.2 Å². The van der Waals surface area contributed by atoms with Crippen molar-refractivity contribution in [2.75, 3.05) is 16.8 Å². The summed E-state index contributed by atoms with van der Waals surface area (Å²) in [5, 5.41) is 6.85. The number of anilines is 2. The number of benzene rings is 1. The third-order valence-corrected chi connectivity index (χ3v) is 4.53. The zero-order valence-electron chi connectivity index (χ0n) is 14.1. The molecule has 0 radical (unpaired) electrons. The van der Waals surface area contributed by atoms with E-state index in [0.29, 0.717) is 35.7 Å². The van der Waals surface area contributed by atoms with Crippen LogP contribution in [0.1, 0.15) is 31.4 Å². The van der Waals surface area contributed by atoms with Crippen molar-refractivity contribution in [3.8, 4) is 0 Å². The molecule has 26 heavy (non-hydrogen) atoms. The van der Waals surface area contributed by atoms with Crippen molar-refractivity contribution in [3.05, 3.63) is 53.9 Å². The summed E-state index contributed by atoms with van der Waals surface area (Å²) >= 11 is 0. The number of rotatable bonds is 3. The zero-order valence-corrected chi connectivity index (χ0v) is 14.1. The van der Waals surface area contributed by atoms with Crippen LogP contribution in [0.4, 0.5) is 20.3 Å². The second kappa shape index (κ2) is 6.36. The number of nitrogens with zero attached hydrogens (tertiary/aromatic N) is 4. The number of aromatic nitrogens is 3. The highest BCUT2D eigenvalue weighted by Gasteiger charge is 2.30. The van der Waals surface area contributed by atoms with Crippen molar-refractivity contribution in [2.45, 2.75) is 25.8 Å². The molecule has 1 fully saturated rings. The molecule has 1 amide bonds. The van der Waals surface area contributed by atoms with Gasteiger partial charge in [-0.15, -0.1) is 0 Å². The van der Waals surface area contributed by atoms with E-state index in [0.717, 1.165) is 18.6 Å². The van der Waals surface area contributed by atoms with E-state index in [1.54, 1.807) is 16.8 Å². The largest absolute Gasteiger partial charge is 0.349 e. The first-order chi connectivity index (χ1) is 12.5. The van der Waals surface area contributed by atoms with Crippen molar-refractivity contribution < 1.29 is 13.6 Å². The molecule has 1 N–H and O–H groups in total. The first kappa shape index (κ1) is 16.4. The average molecular weight is 357 g/mol. The minimum Gasteiger partial charge on any atom is -0.349 e. The van der Waals surface area contributed by atoms with Gasteiger partial charge >= 0.3 is 0 Å². The Morgan fingerprint density at radius 1 is 1.31 bits per heavy atom.